The first-order valence-electron chi connectivity index (χ1n) is 6.52. The predicted octanol–water partition coefficient (Wildman–Crippen LogP) is 4.55. The van der Waals surface area contributed by atoms with E-state index in [0.29, 0.717) is 12.1 Å². The normalized spacial score (nSPS) is 11.0. The monoisotopic (exact) mass is 287 g/mol. The van der Waals surface area contributed by atoms with Crippen molar-refractivity contribution in [3.63, 3.8) is 0 Å². The first-order chi connectivity index (χ1) is 10.0. The van der Waals surface area contributed by atoms with Gasteiger partial charge in [0.05, 0.1) is 5.52 Å². The van der Waals surface area contributed by atoms with Gasteiger partial charge in [0.1, 0.15) is 17.5 Å². The highest BCUT2D eigenvalue weighted by atomic mass is 19.1. The average molecular weight is 287 g/mol. The number of aryl methyl sites for hydroxylation is 1. The molecule has 3 rings (SSSR count). The average Bonchev–Trinajstić information content (AvgIpc) is 2.41. The van der Waals surface area contributed by atoms with Crippen molar-refractivity contribution in [2.24, 2.45) is 0 Å². The van der Waals surface area contributed by atoms with Crippen LogP contribution in [0.5, 0.6) is 0 Å². The van der Waals surface area contributed by atoms with E-state index in [1.54, 1.807) is 18.2 Å². The second-order valence-electron chi connectivity index (χ2n) is 5.01. The standard InChI is InChI=1S/C17H12F3N/c1-10-5-14-15(20)8-13(19)9-17(14)21-16(10)7-11-3-2-4-12(18)6-11/h2-6,8-9H,7H2,1H3. The molecule has 0 aliphatic carbocycles. The number of benzene rings is 2. The molecule has 0 saturated carbocycles. The molecule has 21 heavy (non-hydrogen) atoms. The van der Waals surface area contributed by atoms with Gasteiger partial charge in [0.2, 0.25) is 0 Å². The molecular weight excluding hydrogens is 275 g/mol. The van der Waals surface area contributed by atoms with Gasteiger partial charge in [-0.25, -0.2) is 13.2 Å². The fourth-order valence-corrected chi connectivity index (χ4v) is 2.36. The summed E-state index contributed by atoms with van der Waals surface area (Å²) >= 11 is 0. The van der Waals surface area contributed by atoms with E-state index < -0.39 is 11.6 Å². The van der Waals surface area contributed by atoms with Gasteiger partial charge in [-0.3, -0.25) is 4.98 Å². The van der Waals surface area contributed by atoms with Crippen LogP contribution in [0.3, 0.4) is 0 Å². The first kappa shape index (κ1) is 13.6. The molecule has 0 atom stereocenters. The molecule has 0 radical (unpaired) electrons. The molecule has 0 amide bonds. The lowest BCUT2D eigenvalue weighted by atomic mass is 10.0. The van der Waals surface area contributed by atoms with Crippen molar-refractivity contribution >= 4 is 10.9 Å². The third-order valence-electron chi connectivity index (χ3n) is 3.40. The summed E-state index contributed by atoms with van der Waals surface area (Å²) in [5.74, 6) is -1.60. The number of halogens is 3. The Labute approximate surface area is 120 Å². The fourth-order valence-electron chi connectivity index (χ4n) is 2.36. The quantitative estimate of drug-likeness (QED) is 0.673. The summed E-state index contributed by atoms with van der Waals surface area (Å²) in [6, 6.07) is 9.90. The van der Waals surface area contributed by atoms with Crippen LogP contribution in [0.2, 0.25) is 0 Å². The predicted molar refractivity (Wildman–Crippen MR) is 75.6 cm³/mol. The molecule has 0 bridgehead atoms. The summed E-state index contributed by atoms with van der Waals surface area (Å²) in [5.41, 5.74) is 2.50. The van der Waals surface area contributed by atoms with Crippen LogP contribution in [0.4, 0.5) is 13.2 Å². The lowest BCUT2D eigenvalue weighted by Crippen LogP contribution is -1.98. The Bertz CT molecular complexity index is 828. The van der Waals surface area contributed by atoms with Gasteiger partial charge in [-0.15, -0.1) is 0 Å². The zero-order chi connectivity index (χ0) is 15.0. The summed E-state index contributed by atoms with van der Waals surface area (Å²) in [6.45, 7) is 1.81. The van der Waals surface area contributed by atoms with Crippen LogP contribution in [0, 0.1) is 24.4 Å². The lowest BCUT2D eigenvalue weighted by Gasteiger charge is -2.08. The number of nitrogens with zero attached hydrogens (tertiary/aromatic N) is 1. The number of hydrogen-bond donors (Lipinski definition) is 0. The third-order valence-corrected chi connectivity index (χ3v) is 3.40. The van der Waals surface area contributed by atoms with Crippen LogP contribution in [-0.4, -0.2) is 4.98 Å². The van der Waals surface area contributed by atoms with Crippen molar-refractivity contribution in [2.75, 3.05) is 0 Å². The Morgan fingerprint density at radius 3 is 2.52 bits per heavy atom. The van der Waals surface area contributed by atoms with Crippen LogP contribution in [-0.2, 0) is 6.42 Å². The molecule has 0 spiro atoms. The van der Waals surface area contributed by atoms with Gasteiger partial charge >= 0.3 is 0 Å². The topological polar surface area (TPSA) is 12.9 Å². The highest BCUT2D eigenvalue weighted by Gasteiger charge is 2.10. The third kappa shape index (κ3) is 2.75. The Balaban J connectivity index is 2.08. The van der Waals surface area contributed by atoms with Gasteiger partial charge in [0.25, 0.3) is 0 Å². The van der Waals surface area contributed by atoms with E-state index in [-0.39, 0.29) is 16.7 Å². The van der Waals surface area contributed by atoms with Gasteiger partial charge in [-0.1, -0.05) is 12.1 Å². The van der Waals surface area contributed by atoms with E-state index in [9.17, 15) is 13.2 Å². The van der Waals surface area contributed by atoms with Crippen molar-refractivity contribution in [3.8, 4) is 0 Å². The zero-order valence-electron chi connectivity index (χ0n) is 11.3. The molecule has 2 aromatic carbocycles. The summed E-state index contributed by atoms with van der Waals surface area (Å²) in [7, 11) is 0. The number of hydrogen-bond acceptors (Lipinski definition) is 1. The minimum atomic E-state index is -0.659. The molecule has 1 nitrogen and oxygen atoms in total. The molecule has 1 heterocycles. The molecule has 0 aliphatic rings. The highest BCUT2D eigenvalue weighted by Crippen LogP contribution is 2.22. The van der Waals surface area contributed by atoms with Gasteiger partial charge < -0.3 is 0 Å². The minimum Gasteiger partial charge on any atom is -0.252 e. The molecule has 0 N–H and O–H groups in total. The smallest absolute Gasteiger partial charge is 0.135 e. The Morgan fingerprint density at radius 1 is 0.952 bits per heavy atom. The number of pyridine rings is 1. The van der Waals surface area contributed by atoms with Gasteiger partial charge in [0.15, 0.2) is 0 Å². The molecule has 3 aromatic rings. The molecule has 4 heteroatoms. The first-order valence-corrected chi connectivity index (χ1v) is 6.52. The second-order valence-corrected chi connectivity index (χ2v) is 5.01. The highest BCUT2D eigenvalue weighted by molar-refractivity contribution is 5.80. The maximum absolute atomic E-state index is 13.7. The summed E-state index contributed by atoms with van der Waals surface area (Å²) in [5, 5.41) is 0.289. The number of aromatic nitrogens is 1. The summed E-state index contributed by atoms with van der Waals surface area (Å²) in [4.78, 5) is 4.32. The molecule has 1 aromatic heterocycles. The van der Waals surface area contributed by atoms with Crippen LogP contribution < -0.4 is 0 Å². The van der Waals surface area contributed by atoms with E-state index in [1.165, 1.54) is 18.2 Å². The summed E-state index contributed by atoms with van der Waals surface area (Å²) in [6.07, 6.45) is 0.414. The van der Waals surface area contributed by atoms with Gasteiger partial charge in [-0.05, 0) is 36.2 Å². The molecular formula is C17H12F3N. The SMILES string of the molecule is Cc1cc2c(F)cc(F)cc2nc1Cc1cccc(F)c1. The number of rotatable bonds is 2. The Hall–Kier alpha value is -2.36. The van der Waals surface area contributed by atoms with Crippen molar-refractivity contribution in [2.45, 2.75) is 13.3 Å². The van der Waals surface area contributed by atoms with Gasteiger partial charge in [0, 0.05) is 29.6 Å². The van der Waals surface area contributed by atoms with E-state index in [1.807, 2.05) is 6.92 Å². The van der Waals surface area contributed by atoms with E-state index in [0.717, 1.165) is 17.2 Å². The fraction of sp³-hybridized carbons (Fsp3) is 0.118. The van der Waals surface area contributed by atoms with Crippen LogP contribution >= 0.6 is 0 Å². The summed E-state index contributed by atoms with van der Waals surface area (Å²) < 4.78 is 40.2. The Morgan fingerprint density at radius 2 is 1.76 bits per heavy atom. The van der Waals surface area contributed by atoms with Crippen LogP contribution in [0.1, 0.15) is 16.8 Å². The maximum Gasteiger partial charge on any atom is 0.135 e. The zero-order valence-corrected chi connectivity index (χ0v) is 11.3. The number of fused-ring (bicyclic) bond motifs is 1. The van der Waals surface area contributed by atoms with E-state index >= 15 is 0 Å². The van der Waals surface area contributed by atoms with Crippen LogP contribution in [0.25, 0.3) is 10.9 Å². The van der Waals surface area contributed by atoms with Crippen molar-refractivity contribution in [3.05, 3.63) is 76.7 Å². The second kappa shape index (κ2) is 5.20. The van der Waals surface area contributed by atoms with Crippen molar-refractivity contribution < 1.29 is 13.2 Å². The maximum atomic E-state index is 13.7. The minimum absolute atomic E-state index is 0.268. The Kier molecular flexibility index (Phi) is 3.37. The van der Waals surface area contributed by atoms with E-state index in [4.69, 9.17) is 0 Å². The molecule has 0 unspecified atom stereocenters. The van der Waals surface area contributed by atoms with Crippen molar-refractivity contribution in [1.29, 1.82) is 0 Å². The van der Waals surface area contributed by atoms with Crippen LogP contribution in [0.15, 0.2) is 42.5 Å². The largest absolute Gasteiger partial charge is 0.252 e. The molecule has 0 saturated heterocycles. The van der Waals surface area contributed by atoms with Gasteiger partial charge in [-0.2, -0.15) is 0 Å². The van der Waals surface area contributed by atoms with Crippen molar-refractivity contribution in [1.82, 2.24) is 4.98 Å². The molecule has 106 valence electrons. The molecule has 0 fully saturated rings. The van der Waals surface area contributed by atoms with E-state index in [2.05, 4.69) is 4.98 Å². The lowest BCUT2D eigenvalue weighted by molar-refractivity contribution is 0.591. The molecule has 0 aliphatic heterocycles.